The quantitative estimate of drug-likeness (QED) is 0.0874. The molecule has 1 atom stereocenters. The number of ether oxygens (including phenoxy) is 1. The second kappa shape index (κ2) is 16.0. The van der Waals surface area contributed by atoms with Crippen molar-refractivity contribution in [2.24, 2.45) is 0 Å². The number of thiazole rings is 1. The molecule has 9 nitrogen and oxygen atoms in total. The summed E-state index contributed by atoms with van der Waals surface area (Å²) >= 11 is 5.94. The van der Waals surface area contributed by atoms with Crippen molar-refractivity contribution in [2.75, 3.05) is 17.2 Å². The Balaban J connectivity index is 1.41. The van der Waals surface area contributed by atoms with Gasteiger partial charge in [-0.2, -0.15) is 0 Å². The van der Waals surface area contributed by atoms with E-state index in [1.54, 1.807) is 73.8 Å². The van der Waals surface area contributed by atoms with Gasteiger partial charge in [0.05, 0.1) is 24.0 Å². The van der Waals surface area contributed by atoms with Crippen LogP contribution in [0.1, 0.15) is 35.5 Å². The number of halogens is 1. The summed E-state index contributed by atoms with van der Waals surface area (Å²) in [5.41, 5.74) is 2.23. The van der Waals surface area contributed by atoms with Crippen LogP contribution in [0.5, 0.6) is 0 Å². The molecule has 0 saturated carbocycles. The van der Waals surface area contributed by atoms with Gasteiger partial charge in [-0.1, -0.05) is 52.3 Å². The van der Waals surface area contributed by atoms with E-state index in [1.807, 2.05) is 30.3 Å². The standard InChI is InChI=1S/C32H29BrN4O5S2/c1-3-42-28(38)18-25-19-43-32(35-25)37-29(39)20(2)44-26-11-7-10-24(17-26)34-31(41)27(16-21-12-14-23(33)15-13-21)36-30(40)22-8-5-4-6-9-22/h4-17,19-20H,3,18H2,1-2H3,(H,34,41)(H,36,40)(H,35,37,39)/b27-16-. The fourth-order valence-electron chi connectivity index (χ4n) is 3.78. The molecule has 0 aliphatic rings. The Kier molecular flexibility index (Phi) is 11.9. The van der Waals surface area contributed by atoms with E-state index in [4.69, 9.17) is 4.74 Å². The Labute approximate surface area is 271 Å². The Hall–Kier alpha value is -4.26. The van der Waals surface area contributed by atoms with Crippen LogP contribution in [0.3, 0.4) is 0 Å². The molecular weight excluding hydrogens is 664 g/mol. The van der Waals surface area contributed by atoms with Crippen LogP contribution in [-0.4, -0.2) is 40.5 Å². The van der Waals surface area contributed by atoms with Crippen molar-refractivity contribution in [3.05, 3.63) is 111 Å². The number of nitrogens with one attached hydrogen (secondary N) is 3. The highest BCUT2D eigenvalue weighted by atomic mass is 79.9. The average molecular weight is 694 g/mol. The van der Waals surface area contributed by atoms with Crippen LogP contribution in [-0.2, 0) is 25.5 Å². The normalized spacial score (nSPS) is 11.8. The second-order valence-corrected chi connectivity index (χ2v) is 12.5. The molecule has 0 spiro atoms. The summed E-state index contributed by atoms with van der Waals surface area (Å²) in [6.07, 6.45) is 1.64. The van der Waals surface area contributed by atoms with Crippen molar-refractivity contribution in [1.82, 2.24) is 10.3 Å². The first-order chi connectivity index (χ1) is 21.2. The molecule has 4 rings (SSSR count). The highest BCUT2D eigenvalue weighted by Crippen LogP contribution is 2.27. The molecule has 0 aliphatic heterocycles. The van der Waals surface area contributed by atoms with Gasteiger partial charge in [0.2, 0.25) is 5.91 Å². The zero-order valence-electron chi connectivity index (χ0n) is 23.8. The fraction of sp³-hybridized carbons (Fsp3) is 0.156. The van der Waals surface area contributed by atoms with Crippen molar-refractivity contribution < 1.29 is 23.9 Å². The Morgan fingerprint density at radius 1 is 1.00 bits per heavy atom. The first-order valence-corrected chi connectivity index (χ1v) is 16.1. The summed E-state index contributed by atoms with van der Waals surface area (Å²) in [5.74, 6) is -1.56. The van der Waals surface area contributed by atoms with E-state index in [0.29, 0.717) is 28.7 Å². The third-order valence-electron chi connectivity index (χ3n) is 5.90. The summed E-state index contributed by atoms with van der Waals surface area (Å²) < 4.78 is 5.82. The number of rotatable bonds is 12. The van der Waals surface area contributed by atoms with Gasteiger partial charge in [-0.3, -0.25) is 19.2 Å². The van der Waals surface area contributed by atoms with Crippen LogP contribution >= 0.6 is 39.0 Å². The van der Waals surface area contributed by atoms with Gasteiger partial charge in [0.25, 0.3) is 11.8 Å². The van der Waals surface area contributed by atoms with Gasteiger partial charge in [0, 0.05) is 26.0 Å². The number of hydrogen-bond acceptors (Lipinski definition) is 8. The van der Waals surface area contributed by atoms with Crippen molar-refractivity contribution in [3.63, 3.8) is 0 Å². The van der Waals surface area contributed by atoms with Gasteiger partial charge in [-0.25, -0.2) is 4.98 Å². The molecule has 0 saturated heterocycles. The maximum atomic E-state index is 13.4. The zero-order chi connectivity index (χ0) is 31.5. The first kappa shape index (κ1) is 32.6. The van der Waals surface area contributed by atoms with E-state index in [9.17, 15) is 19.2 Å². The van der Waals surface area contributed by atoms with Crippen molar-refractivity contribution in [1.29, 1.82) is 0 Å². The third-order valence-corrected chi connectivity index (χ3v) is 8.33. The maximum absolute atomic E-state index is 13.4. The second-order valence-electron chi connectivity index (χ2n) is 9.29. The smallest absolute Gasteiger partial charge is 0.311 e. The van der Waals surface area contributed by atoms with E-state index in [0.717, 1.165) is 14.9 Å². The molecule has 1 heterocycles. The highest BCUT2D eigenvalue weighted by Gasteiger charge is 2.19. The van der Waals surface area contributed by atoms with Crippen LogP contribution in [0, 0.1) is 0 Å². The van der Waals surface area contributed by atoms with Crippen LogP contribution in [0.15, 0.2) is 99.3 Å². The Morgan fingerprint density at radius 3 is 2.48 bits per heavy atom. The van der Waals surface area contributed by atoms with Gasteiger partial charge < -0.3 is 20.7 Å². The van der Waals surface area contributed by atoms with E-state index in [-0.39, 0.29) is 24.0 Å². The van der Waals surface area contributed by atoms with Crippen molar-refractivity contribution >= 4 is 79.6 Å². The first-order valence-electron chi connectivity index (χ1n) is 13.5. The molecular formula is C32H29BrN4O5S2. The fourth-order valence-corrected chi connectivity index (χ4v) is 5.69. The molecule has 1 aromatic heterocycles. The lowest BCUT2D eigenvalue weighted by Crippen LogP contribution is -2.30. The molecule has 0 fully saturated rings. The Bertz CT molecular complexity index is 1660. The third kappa shape index (κ3) is 9.90. The van der Waals surface area contributed by atoms with Crippen molar-refractivity contribution in [3.8, 4) is 0 Å². The van der Waals surface area contributed by atoms with E-state index in [1.165, 1.54) is 23.1 Å². The van der Waals surface area contributed by atoms with E-state index >= 15 is 0 Å². The van der Waals surface area contributed by atoms with Crippen LogP contribution in [0.25, 0.3) is 6.08 Å². The summed E-state index contributed by atoms with van der Waals surface area (Å²) in [4.78, 5) is 55.9. The number of amides is 3. The number of carbonyl (C=O) groups is 4. The van der Waals surface area contributed by atoms with Gasteiger partial charge in [0.1, 0.15) is 5.70 Å². The number of hydrogen-bond donors (Lipinski definition) is 3. The molecule has 3 aromatic carbocycles. The number of esters is 1. The average Bonchev–Trinajstić information content (AvgIpc) is 3.44. The molecule has 3 N–H and O–H groups in total. The lowest BCUT2D eigenvalue weighted by atomic mass is 10.1. The molecule has 4 aromatic rings. The van der Waals surface area contributed by atoms with Gasteiger partial charge >= 0.3 is 5.97 Å². The van der Waals surface area contributed by atoms with Gasteiger partial charge in [0.15, 0.2) is 5.13 Å². The highest BCUT2D eigenvalue weighted by molar-refractivity contribution is 9.10. The lowest BCUT2D eigenvalue weighted by Gasteiger charge is -2.13. The number of thioether (sulfide) groups is 1. The molecule has 226 valence electrons. The van der Waals surface area contributed by atoms with Crippen LogP contribution in [0.4, 0.5) is 10.8 Å². The van der Waals surface area contributed by atoms with Crippen molar-refractivity contribution in [2.45, 2.75) is 30.4 Å². The molecule has 1 unspecified atom stereocenters. The number of carbonyl (C=O) groups excluding carboxylic acids is 4. The number of nitrogens with zero attached hydrogens (tertiary/aromatic N) is 1. The summed E-state index contributed by atoms with van der Waals surface area (Å²) in [6.45, 7) is 3.79. The summed E-state index contributed by atoms with van der Waals surface area (Å²) in [7, 11) is 0. The monoisotopic (exact) mass is 692 g/mol. The number of anilines is 2. The van der Waals surface area contributed by atoms with E-state index in [2.05, 4.69) is 36.9 Å². The Morgan fingerprint density at radius 2 is 1.75 bits per heavy atom. The lowest BCUT2D eigenvalue weighted by molar-refractivity contribution is -0.142. The summed E-state index contributed by atoms with van der Waals surface area (Å²) in [6, 6.07) is 23.0. The molecule has 3 amide bonds. The van der Waals surface area contributed by atoms with Crippen LogP contribution in [0.2, 0.25) is 0 Å². The van der Waals surface area contributed by atoms with Gasteiger partial charge in [-0.15, -0.1) is 23.1 Å². The number of benzene rings is 3. The van der Waals surface area contributed by atoms with Crippen LogP contribution < -0.4 is 16.0 Å². The molecule has 44 heavy (non-hydrogen) atoms. The zero-order valence-corrected chi connectivity index (χ0v) is 27.1. The minimum atomic E-state index is -0.507. The number of aromatic nitrogens is 1. The van der Waals surface area contributed by atoms with E-state index < -0.39 is 17.1 Å². The minimum absolute atomic E-state index is 0.0407. The molecule has 0 bridgehead atoms. The largest absolute Gasteiger partial charge is 0.466 e. The SMILES string of the molecule is CCOC(=O)Cc1csc(NC(=O)C(C)Sc2cccc(NC(=O)/C(=C/c3ccc(Br)cc3)NC(=O)c3ccccc3)c2)n1. The topological polar surface area (TPSA) is 126 Å². The van der Waals surface area contributed by atoms with Gasteiger partial charge in [-0.05, 0) is 68.0 Å². The predicted octanol–water partition coefficient (Wildman–Crippen LogP) is 6.54. The molecule has 12 heteroatoms. The molecule has 0 aliphatic carbocycles. The summed E-state index contributed by atoms with van der Waals surface area (Å²) in [5, 5.41) is 9.97. The minimum Gasteiger partial charge on any atom is -0.466 e. The maximum Gasteiger partial charge on any atom is 0.311 e. The predicted molar refractivity (Wildman–Crippen MR) is 177 cm³/mol. The molecule has 0 radical (unpaired) electrons.